The number of nitrogens with one attached hydrogen (secondary N) is 1. The number of nitrogens with zero attached hydrogens (tertiary/aromatic N) is 1. The number of H-pyrrole nitrogens is 1. The van der Waals surface area contributed by atoms with Crippen molar-refractivity contribution in [2.24, 2.45) is 5.73 Å². The van der Waals surface area contributed by atoms with Crippen LogP contribution in [0.1, 0.15) is 32.4 Å². The van der Waals surface area contributed by atoms with E-state index in [0.29, 0.717) is 18.0 Å². The predicted molar refractivity (Wildman–Crippen MR) is 65.9 cm³/mol. The summed E-state index contributed by atoms with van der Waals surface area (Å²) in [7, 11) is -3.39. The molecule has 0 aromatic carbocycles. The summed E-state index contributed by atoms with van der Waals surface area (Å²) >= 11 is 0. The van der Waals surface area contributed by atoms with Gasteiger partial charge in [-0.1, -0.05) is 0 Å². The summed E-state index contributed by atoms with van der Waals surface area (Å²) in [5, 5.41) is 0. The second-order valence-corrected chi connectivity index (χ2v) is 6.92. The van der Waals surface area contributed by atoms with E-state index in [1.54, 1.807) is 10.4 Å². The lowest BCUT2D eigenvalue weighted by Gasteiger charge is -2.30. The van der Waals surface area contributed by atoms with Gasteiger partial charge in [0, 0.05) is 30.5 Å². The molecule has 2 rings (SSSR count). The van der Waals surface area contributed by atoms with E-state index in [-0.39, 0.29) is 5.54 Å². The number of rotatable bonds is 3. The minimum atomic E-state index is -3.39. The average Bonchev–Trinajstić information content (AvgIpc) is 2.83. The normalized spacial score (nSPS) is 20.9. The molecule has 0 spiro atoms. The summed E-state index contributed by atoms with van der Waals surface area (Å²) < 4.78 is 26.5. The van der Waals surface area contributed by atoms with E-state index in [0.717, 1.165) is 18.5 Å². The zero-order valence-electron chi connectivity index (χ0n) is 10.2. The van der Waals surface area contributed by atoms with Gasteiger partial charge in [-0.15, -0.1) is 0 Å². The highest BCUT2D eigenvalue weighted by Gasteiger charge is 2.41. The van der Waals surface area contributed by atoms with Crippen molar-refractivity contribution in [2.45, 2.75) is 43.7 Å². The van der Waals surface area contributed by atoms with E-state index in [4.69, 9.17) is 5.73 Å². The van der Waals surface area contributed by atoms with Crippen molar-refractivity contribution in [2.75, 3.05) is 6.54 Å². The average molecular weight is 257 g/mol. The molecule has 96 valence electrons. The molecule has 0 bridgehead atoms. The molecule has 1 saturated heterocycles. The minimum absolute atomic E-state index is 0.293. The van der Waals surface area contributed by atoms with Gasteiger partial charge >= 0.3 is 0 Å². The van der Waals surface area contributed by atoms with E-state index in [2.05, 4.69) is 4.98 Å². The number of hydrogen-bond acceptors (Lipinski definition) is 3. The van der Waals surface area contributed by atoms with Crippen molar-refractivity contribution < 1.29 is 8.42 Å². The molecular formula is C11H19N3O2S. The Bertz CT molecular complexity index is 505. The predicted octanol–water partition coefficient (Wildman–Crippen LogP) is 1.04. The molecule has 3 N–H and O–H groups in total. The lowest BCUT2D eigenvalue weighted by Crippen LogP contribution is -2.42. The molecule has 1 fully saturated rings. The molecule has 0 radical (unpaired) electrons. The molecule has 0 unspecified atom stereocenters. The number of hydrogen-bond donors (Lipinski definition) is 2. The Morgan fingerprint density at radius 1 is 1.53 bits per heavy atom. The van der Waals surface area contributed by atoms with Crippen LogP contribution < -0.4 is 5.73 Å². The smallest absolute Gasteiger partial charge is 0.245 e. The molecule has 0 amide bonds. The maximum absolute atomic E-state index is 12.4. The van der Waals surface area contributed by atoms with Crippen molar-refractivity contribution in [1.29, 1.82) is 0 Å². The summed E-state index contributed by atoms with van der Waals surface area (Å²) in [6.07, 6.45) is 3.34. The van der Waals surface area contributed by atoms with E-state index < -0.39 is 10.0 Å². The van der Waals surface area contributed by atoms with E-state index >= 15 is 0 Å². The van der Waals surface area contributed by atoms with Crippen LogP contribution in [-0.2, 0) is 16.6 Å². The molecule has 1 aliphatic rings. The molecule has 0 atom stereocenters. The largest absolute Gasteiger partial charge is 0.363 e. The second-order valence-electron chi connectivity index (χ2n) is 5.06. The van der Waals surface area contributed by atoms with Crippen LogP contribution in [0.2, 0.25) is 0 Å². The first-order chi connectivity index (χ1) is 7.88. The van der Waals surface area contributed by atoms with Gasteiger partial charge in [0.1, 0.15) is 0 Å². The van der Waals surface area contributed by atoms with Gasteiger partial charge in [0.2, 0.25) is 10.0 Å². The number of nitrogens with two attached hydrogens (primary N) is 1. The highest BCUT2D eigenvalue weighted by molar-refractivity contribution is 7.89. The third-order valence-corrected chi connectivity index (χ3v) is 5.44. The third kappa shape index (κ3) is 2.12. The van der Waals surface area contributed by atoms with E-state index in [1.807, 2.05) is 13.8 Å². The molecule has 1 aromatic heterocycles. The summed E-state index contributed by atoms with van der Waals surface area (Å²) in [4.78, 5) is 3.19. The van der Waals surface area contributed by atoms with Crippen LogP contribution in [0.3, 0.4) is 0 Å². The van der Waals surface area contributed by atoms with Crippen molar-refractivity contribution in [1.82, 2.24) is 9.29 Å². The Kier molecular flexibility index (Phi) is 3.05. The Morgan fingerprint density at radius 2 is 2.24 bits per heavy atom. The molecule has 6 heteroatoms. The summed E-state index contributed by atoms with van der Waals surface area (Å²) in [5.41, 5.74) is 5.92. The van der Waals surface area contributed by atoms with Gasteiger partial charge in [-0.25, -0.2) is 8.42 Å². The quantitative estimate of drug-likeness (QED) is 0.849. The van der Waals surface area contributed by atoms with Crippen LogP contribution in [0, 0.1) is 0 Å². The van der Waals surface area contributed by atoms with Crippen LogP contribution in [0.25, 0.3) is 0 Å². The van der Waals surface area contributed by atoms with Crippen molar-refractivity contribution in [3.8, 4) is 0 Å². The molecule has 0 aliphatic carbocycles. The fourth-order valence-electron chi connectivity index (χ4n) is 2.34. The van der Waals surface area contributed by atoms with Gasteiger partial charge < -0.3 is 10.7 Å². The van der Waals surface area contributed by atoms with Gasteiger partial charge in [-0.05, 0) is 32.8 Å². The molecule has 5 nitrogen and oxygen atoms in total. The van der Waals surface area contributed by atoms with Gasteiger partial charge in [-0.3, -0.25) is 0 Å². The lowest BCUT2D eigenvalue weighted by atomic mass is 10.0. The zero-order chi connectivity index (χ0) is 12.7. The summed E-state index contributed by atoms with van der Waals surface area (Å²) in [5.74, 6) is 0. The Labute approximate surface area is 102 Å². The van der Waals surface area contributed by atoms with Crippen molar-refractivity contribution in [3.63, 3.8) is 0 Å². The third-order valence-electron chi connectivity index (χ3n) is 3.35. The summed E-state index contributed by atoms with van der Waals surface area (Å²) in [6, 6.07) is 1.61. The first-order valence-corrected chi connectivity index (χ1v) is 7.22. The molecule has 17 heavy (non-hydrogen) atoms. The molecule has 1 aromatic rings. The Morgan fingerprint density at radius 3 is 2.71 bits per heavy atom. The maximum Gasteiger partial charge on any atom is 0.245 e. The van der Waals surface area contributed by atoms with Crippen LogP contribution in [0.15, 0.2) is 17.2 Å². The molecular weight excluding hydrogens is 238 g/mol. The fraction of sp³-hybridized carbons (Fsp3) is 0.636. The number of aromatic nitrogens is 1. The molecule has 0 saturated carbocycles. The highest BCUT2D eigenvalue weighted by atomic mass is 32.2. The fourth-order valence-corrected chi connectivity index (χ4v) is 4.21. The Balaban J connectivity index is 2.36. The van der Waals surface area contributed by atoms with Crippen LogP contribution in [0.4, 0.5) is 0 Å². The van der Waals surface area contributed by atoms with E-state index in [9.17, 15) is 8.42 Å². The van der Waals surface area contributed by atoms with E-state index in [1.165, 1.54) is 6.20 Å². The Hall–Kier alpha value is -0.850. The molecule has 1 aliphatic heterocycles. The minimum Gasteiger partial charge on any atom is -0.363 e. The second kappa shape index (κ2) is 4.12. The standard InChI is InChI=1S/C11H19N3O2S/c1-11(2)4-3-5-14(11)17(15,16)10-6-9(7-12)13-8-10/h6,8,13H,3-5,7,12H2,1-2H3. The van der Waals surface area contributed by atoms with Crippen molar-refractivity contribution in [3.05, 3.63) is 18.0 Å². The number of aromatic amines is 1. The topological polar surface area (TPSA) is 79.2 Å². The first kappa shape index (κ1) is 12.6. The van der Waals surface area contributed by atoms with Crippen LogP contribution >= 0.6 is 0 Å². The van der Waals surface area contributed by atoms with Gasteiger partial charge in [0.05, 0.1) is 4.90 Å². The van der Waals surface area contributed by atoms with Crippen molar-refractivity contribution >= 4 is 10.0 Å². The van der Waals surface area contributed by atoms with Gasteiger partial charge in [-0.2, -0.15) is 4.31 Å². The monoisotopic (exact) mass is 257 g/mol. The lowest BCUT2D eigenvalue weighted by molar-refractivity contribution is 0.292. The number of sulfonamides is 1. The van der Waals surface area contributed by atoms with Crippen LogP contribution in [0.5, 0.6) is 0 Å². The highest BCUT2D eigenvalue weighted by Crippen LogP contribution is 2.33. The van der Waals surface area contributed by atoms with Gasteiger partial charge in [0.25, 0.3) is 0 Å². The zero-order valence-corrected chi connectivity index (χ0v) is 11.0. The molecule has 2 heterocycles. The summed E-state index contributed by atoms with van der Waals surface area (Å²) in [6.45, 7) is 4.85. The SMILES string of the molecule is CC1(C)CCCN1S(=O)(=O)c1c[nH]c(CN)c1. The maximum atomic E-state index is 12.4. The first-order valence-electron chi connectivity index (χ1n) is 5.78. The van der Waals surface area contributed by atoms with Crippen LogP contribution in [-0.4, -0.2) is 29.8 Å². The van der Waals surface area contributed by atoms with Gasteiger partial charge in [0.15, 0.2) is 0 Å².